The van der Waals surface area contributed by atoms with E-state index in [9.17, 15) is 4.39 Å². The van der Waals surface area contributed by atoms with Crippen LogP contribution in [0.5, 0.6) is 5.88 Å². The minimum atomic E-state index is -0.278. The third kappa shape index (κ3) is 2.99. The number of hydrogen-bond donors (Lipinski definition) is 0. The van der Waals surface area contributed by atoms with Crippen LogP contribution < -0.4 is 4.74 Å². The molecule has 0 aliphatic heterocycles. The molecule has 0 saturated carbocycles. The first kappa shape index (κ1) is 15.3. The van der Waals surface area contributed by atoms with Crippen molar-refractivity contribution in [2.45, 2.75) is 32.6 Å². The predicted molar refractivity (Wildman–Crippen MR) is 81.9 cm³/mol. The maximum Gasteiger partial charge on any atom is 0.246 e. The van der Waals surface area contributed by atoms with Gasteiger partial charge in [-0.15, -0.1) is 0 Å². The van der Waals surface area contributed by atoms with E-state index in [2.05, 4.69) is 24.9 Å². The SMILES string of the molecule is COc1nc2nonc2nc1Cc1ccc(C(C)(C)C)cc1F. The molecule has 2 heterocycles. The van der Waals surface area contributed by atoms with E-state index >= 15 is 0 Å². The molecule has 0 N–H and O–H groups in total. The highest BCUT2D eigenvalue weighted by atomic mass is 19.1. The predicted octanol–water partition coefficient (Wildman–Crippen LogP) is 3.05. The van der Waals surface area contributed by atoms with Crippen molar-refractivity contribution in [1.29, 1.82) is 0 Å². The number of hydrogen-bond acceptors (Lipinski definition) is 6. The zero-order chi connectivity index (χ0) is 16.6. The molecule has 23 heavy (non-hydrogen) atoms. The molecule has 7 heteroatoms. The van der Waals surface area contributed by atoms with Crippen LogP contribution in [0.4, 0.5) is 4.39 Å². The molecule has 0 bridgehead atoms. The first-order valence-corrected chi connectivity index (χ1v) is 7.20. The minimum absolute atomic E-state index is 0.109. The van der Waals surface area contributed by atoms with Crippen molar-refractivity contribution in [3.05, 3.63) is 40.8 Å². The Kier molecular flexibility index (Phi) is 3.71. The van der Waals surface area contributed by atoms with Crippen LogP contribution in [0.2, 0.25) is 0 Å². The highest BCUT2D eigenvalue weighted by Gasteiger charge is 2.18. The molecule has 3 rings (SSSR count). The van der Waals surface area contributed by atoms with E-state index in [1.165, 1.54) is 7.11 Å². The van der Waals surface area contributed by atoms with Crippen LogP contribution >= 0.6 is 0 Å². The summed E-state index contributed by atoms with van der Waals surface area (Å²) in [5.41, 5.74) is 2.36. The number of nitrogens with zero attached hydrogens (tertiary/aromatic N) is 4. The third-order valence-electron chi connectivity index (χ3n) is 3.62. The maximum atomic E-state index is 14.4. The summed E-state index contributed by atoms with van der Waals surface area (Å²) < 4.78 is 24.2. The average Bonchev–Trinajstić information content (AvgIpc) is 2.94. The number of fused-ring (bicyclic) bond motifs is 1. The number of methoxy groups -OCH3 is 1. The van der Waals surface area contributed by atoms with Crippen molar-refractivity contribution < 1.29 is 13.8 Å². The standard InChI is InChI=1S/C16H17FN4O2/c1-16(2,3)10-6-5-9(11(17)8-10)7-12-15(22-4)19-14-13(18-12)20-23-21-14/h5-6,8H,7H2,1-4H3. The van der Waals surface area contributed by atoms with Gasteiger partial charge in [0.05, 0.1) is 7.11 Å². The van der Waals surface area contributed by atoms with E-state index in [0.29, 0.717) is 11.3 Å². The summed E-state index contributed by atoms with van der Waals surface area (Å²) in [6.07, 6.45) is 0.245. The van der Waals surface area contributed by atoms with E-state index in [4.69, 9.17) is 4.74 Å². The Bertz CT molecular complexity index is 855. The fourth-order valence-corrected chi connectivity index (χ4v) is 2.27. The average molecular weight is 316 g/mol. The normalized spacial score (nSPS) is 11.9. The number of halogens is 1. The molecular formula is C16H17FN4O2. The first-order valence-electron chi connectivity index (χ1n) is 7.20. The largest absolute Gasteiger partial charge is 0.480 e. The number of aromatic nitrogens is 4. The fourth-order valence-electron chi connectivity index (χ4n) is 2.27. The molecule has 6 nitrogen and oxygen atoms in total. The molecule has 0 amide bonds. The van der Waals surface area contributed by atoms with Crippen LogP contribution in [-0.2, 0) is 11.8 Å². The van der Waals surface area contributed by atoms with Crippen LogP contribution in [0.3, 0.4) is 0 Å². The molecule has 0 radical (unpaired) electrons. The van der Waals surface area contributed by atoms with Gasteiger partial charge in [-0.2, -0.15) is 4.98 Å². The molecule has 0 fully saturated rings. The second-order valence-electron chi connectivity index (χ2n) is 6.32. The molecule has 0 spiro atoms. The molecule has 3 aromatic rings. The first-order chi connectivity index (χ1) is 10.9. The number of ether oxygens (including phenoxy) is 1. The summed E-state index contributed by atoms with van der Waals surface area (Å²) in [5, 5.41) is 7.27. The van der Waals surface area contributed by atoms with E-state index in [0.717, 1.165) is 5.56 Å². The highest BCUT2D eigenvalue weighted by Crippen LogP contribution is 2.26. The lowest BCUT2D eigenvalue weighted by atomic mass is 9.86. The van der Waals surface area contributed by atoms with Crippen molar-refractivity contribution in [3.63, 3.8) is 0 Å². The quantitative estimate of drug-likeness (QED) is 0.739. The molecule has 0 aliphatic carbocycles. The van der Waals surface area contributed by atoms with Crippen LogP contribution in [0.25, 0.3) is 11.3 Å². The Morgan fingerprint density at radius 2 is 1.83 bits per heavy atom. The van der Waals surface area contributed by atoms with Gasteiger partial charge in [0.2, 0.25) is 17.2 Å². The van der Waals surface area contributed by atoms with Crippen molar-refractivity contribution in [2.24, 2.45) is 0 Å². The molecule has 0 atom stereocenters. The molecular weight excluding hydrogens is 299 g/mol. The molecule has 0 unspecified atom stereocenters. The maximum absolute atomic E-state index is 14.4. The fraction of sp³-hybridized carbons (Fsp3) is 0.375. The lowest BCUT2D eigenvalue weighted by molar-refractivity contribution is 0.313. The Balaban J connectivity index is 1.98. The monoisotopic (exact) mass is 316 g/mol. The zero-order valence-electron chi connectivity index (χ0n) is 13.4. The number of benzene rings is 1. The summed E-state index contributed by atoms with van der Waals surface area (Å²) in [7, 11) is 1.48. The zero-order valence-corrected chi connectivity index (χ0v) is 13.4. The van der Waals surface area contributed by atoms with Gasteiger partial charge in [-0.05, 0) is 32.9 Å². The summed E-state index contributed by atoms with van der Waals surface area (Å²) in [6.45, 7) is 6.13. The van der Waals surface area contributed by atoms with Gasteiger partial charge < -0.3 is 4.74 Å². The highest BCUT2D eigenvalue weighted by molar-refractivity contribution is 5.64. The Morgan fingerprint density at radius 1 is 1.13 bits per heavy atom. The van der Waals surface area contributed by atoms with Crippen molar-refractivity contribution >= 4 is 11.3 Å². The smallest absolute Gasteiger partial charge is 0.246 e. The van der Waals surface area contributed by atoms with Crippen LogP contribution in [-0.4, -0.2) is 27.4 Å². The van der Waals surface area contributed by atoms with E-state index in [1.807, 2.05) is 26.8 Å². The van der Waals surface area contributed by atoms with Crippen LogP contribution in [0, 0.1) is 5.82 Å². The molecule has 0 aliphatic rings. The molecule has 0 saturated heterocycles. The van der Waals surface area contributed by atoms with Crippen LogP contribution in [0.1, 0.15) is 37.6 Å². The Hall–Kier alpha value is -2.57. The summed E-state index contributed by atoms with van der Waals surface area (Å²) >= 11 is 0. The van der Waals surface area contributed by atoms with Gasteiger partial charge in [0.15, 0.2) is 0 Å². The van der Waals surface area contributed by atoms with Gasteiger partial charge >= 0.3 is 0 Å². The lowest BCUT2D eigenvalue weighted by Gasteiger charge is -2.19. The van der Waals surface area contributed by atoms with Gasteiger partial charge in [-0.25, -0.2) is 14.0 Å². The van der Waals surface area contributed by atoms with Crippen molar-refractivity contribution in [1.82, 2.24) is 20.3 Å². The van der Waals surface area contributed by atoms with E-state index < -0.39 is 0 Å². The van der Waals surface area contributed by atoms with E-state index in [1.54, 1.807) is 12.1 Å². The van der Waals surface area contributed by atoms with Crippen molar-refractivity contribution in [2.75, 3.05) is 7.11 Å². The summed E-state index contributed by atoms with van der Waals surface area (Å²) in [5.74, 6) is 0.00662. The third-order valence-corrected chi connectivity index (χ3v) is 3.62. The second-order valence-corrected chi connectivity index (χ2v) is 6.32. The summed E-state index contributed by atoms with van der Waals surface area (Å²) in [4.78, 5) is 8.45. The van der Waals surface area contributed by atoms with Gasteiger partial charge in [0.1, 0.15) is 11.5 Å². The molecule has 2 aromatic heterocycles. The second kappa shape index (κ2) is 5.57. The summed E-state index contributed by atoms with van der Waals surface area (Å²) in [6, 6.07) is 5.25. The molecule has 1 aromatic carbocycles. The van der Waals surface area contributed by atoms with Crippen molar-refractivity contribution in [3.8, 4) is 5.88 Å². The van der Waals surface area contributed by atoms with E-state index in [-0.39, 0.29) is 34.8 Å². The number of rotatable bonds is 3. The Labute approximate surface area is 132 Å². The van der Waals surface area contributed by atoms with Gasteiger partial charge in [-0.3, -0.25) is 0 Å². The lowest BCUT2D eigenvalue weighted by Crippen LogP contribution is -2.12. The topological polar surface area (TPSA) is 73.9 Å². The Morgan fingerprint density at radius 3 is 2.43 bits per heavy atom. The van der Waals surface area contributed by atoms with Gasteiger partial charge in [-0.1, -0.05) is 32.9 Å². The van der Waals surface area contributed by atoms with Gasteiger partial charge in [0.25, 0.3) is 0 Å². The van der Waals surface area contributed by atoms with Crippen LogP contribution in [0.15, 0.2) is 22.8 Å². The minimum Gasteiger partial charge on any atom is -0.480 e. The van der Waals surface area contributed by atoms with Gasteiger partial charge in [0, 0.05) is 6.42 Å². The molecule has 120 valence electrons.